The molecular formula is C11H14O3. The minimum absolute atomic E-state index is 0.00280. The van der Waals surface area contributed by atoms with Crippen molar-refractivity contribution < 1.29 is 14.3 Å². The maximum atomic E-state index is 11.1. The monoisotopic (exact) mass is 194 g/mol. The van der Waals surface area contributed by atoms with Crippen LogP contribution in [0.1, 0.15) is 18.6 Å². The zero-order chi connectivity index (χ0) is 10.4. The van der Waals surface area contributed by atoms with Gasteiger partial charge in [-0.2, -0.15) is 0 Å². The number of carbonyl (C=O) groups is 1. The predicted octanol–water partition coefficient (Wildman–Crippen LogP) is 1.94. The number of ether oxygens (including phenoxy) is 2. The van der Waals surface area contributed by atoms with Gasteiger partial charge in [-0.1, -0.05) is 30.3 Å². The van der Waals surface area contributed by atoms with Crippen LogP contribution < -0.4 is 0 Å². The van der Waals surface area contributed by atoms with Crippen LogP contribution in [-0.4, -0.2) is 19.7 Å². The first-order valence-corrected chi connectivity index (χ1v) is 4.47. The van der Waals surface area contributed by atoms with Crippen LogP contribution in [0.25, 0.3) is 0 Å². The van der Waals surface area contributed by atoms with Crippen molar-refractivity contribution in [2.75, 3.05) is 13.7 Å². The van der Waals surface area contributed by atoms with Crippen molar-refractivity contribution in [3.63, 3.8) is 0 Å². The molecule has 3 nitrogen and oxygen atoms in total. The highest BCUT2D eigenvalue weighted by atomic mass is 16.6. The van der Waals surface area contributed by atoms with E-state index in [-0.39, 0.29) is 18.7 Å². The summed E-state index contributed by atoms with van der Waals surface area (Å²) in [4.78, 5) is 11.1. The van der Waals surface area contributed by atoms with Gasteiger partial charge >= 0.3 is 5.97 Å². The Morgan fingerprint density at radius 2 is 2.00 bits per heavy atom. The van der Waals surface area contributed by atoms with Crippen molar-refractivity contribution in [2.24, 2.45) is 0 Å². The molecule has 76 valence electrons. The number of benzene rings is 1. The highest BCUT2D eigenvalue weighted by molar-refractivity contribution is 5.71. The first-order valence-electron chi connectivity index (χ1n) is 4.47. The summed E-state index contributed by atoms with van der Waals surface area (Å²) < 4.78 is 9.78. The van der Waals surface area contributed by atoms with Gasteiger partial charge in [-0.25, -0.2) is 4.79 Å². The van der Waals surface area contributed by atoms with E-state index in [4.69, 9.17) is 4.74 Å². The molecule has 0 bridgehead atoms. The number of esters is 1. The third-order valence-electron chi connectivity index (χ3n) is 1.84. The fourth-order valence-corrected chi connectivity index (χ4v) is 1.14. The number of hydrogen-bond donors (Lipinski definition) is 0. The van der Waals surface area contributed by atoms with Crippen molar-refractivity contribution >= 4 is 5.97 Å². The summed E-state index contributed by atoms with van der Waals surface area (Å²) in [6.45, 7) is 1.83. The van der Waals surface area contributed by atoms with Crippen molar-refractivity contribution in [3.05, 3.63) is 35.9 Å². The molecular weight excluding hydrogens is 180 g/mol. The Balaban J connectivity index is 2.50. The Morgan fingerprint density at radius 1 is 1.36 bits per heavy atom. The molecule has 0 spiro atoms. The molecule has 14 heavy (non-hydrogen) atoms. The Kier molecular flexibility index (Phi) is 4.13. The van der Waals surface area contributed by atoms with Gasteiger partial charge in [-0.3, -0.25) is 0 Å². The van der Waals surface area contributed by atoms with Crippen LogP contribution in [0.3, 0.4) is 0 Å². The second-order valence-electron chi connectivity index (χ2n) is 2.98. The standard InChI is InChI=1S/C11H14O3/c1-9(14-11(12)8-13-2)10-6-4-3-5-7-10/h3-7,9H,8H2,1-2H3. The van der Waals surface area contributed by atoms with Crippen LogP contribution >= 0.6 is 0 Å². The third kappa shape index (κ3) is 3.18. The lowest BCUT2D eigenvalue weighted by atomic mass is 10.1. The van der Waals surface area contributed by atoms with Crippen LogP contribution in [0.2, 0.25) is 0 Å². The maximum absolute atomic E-state index is 11.1. The molecule has 1 aromatic carbocycles. The fraction of sp³-hybridized carbons (Fsp3) is 0.364. The summed E-state index contributed by atoms with van der Waals surface area (Å²) in [6.07, 6.45) is -0.223. The van der Waals surface area contributed by atoms with Crippen LogP contribution in [0.5, 0.6) is 0 Å². The Bertz CT molecular complexity index is 282. The number of methoxy groups -OCH3 is 1. The van der Waals surface area contributed by atoms with E-state index in [9.17, 15) is 4.79 Å². The van der Waals surface area contributed by atoms with Gasteiger partial charge in [0, 0.05) is 7.11 Å². The SMILES string of the molecule is COCC(=O)OC(C)c1ccccc1. The van der Waals surface area contributed by atoms with E-state index >= 15 is 0 Å². The number of rotatable bonds is 4. The molecule has 0 aliphatic carbocycles. The lowest BCUT2D eigenvalue weighted by Crippen LogP contribution is -2.13. The van der Waals surface area contributed by atoms with E-state index in [0.29, 0.717) is 0 Å². The van der Waals surface area contributed by atoms with Gasteiger partial charge in [0.1, 0.15) is 12.7 Å². The van der Waals surface area contributed by atoms with E-state index in [1.807, 2.05) is 37.3 Å². The quantitative estimate of drug-likeness (QED) is 0.687. The van der Waals surface area contributed by atoms with Crippen LogP contribution in [-0.2, 0) is 14.3 Å². The minimum atomic E-state index is -0.344. The molecule has 0 aromatic heterocycles. The average Bonchev–Trinajstić information content (AvgIpc) is 2.19. The molecule has 0 radical (unpaired) electrons. The molecule has 0 heterocycles. The topological polar surface area (TPSA) is 35.5 Å². The molecule has 0 aliphatic heterocycles. The zero-order valence-electron chi connectivity index (χ0n) is 8.40. The highest BCUT2D eigenvalue weighted by Crippen LogP contribution is 2.15. The van der Waals surface area contributed by atoms with E-state index in [2.05, 4.69) is 4.74 Å². The molecule has 3 heteroatoms. The normalized spacial score (nSPS) is 12.1. The number of carbonyl (C=O) groups excluding carboxylic acids is 1. The molecule has 0 aliphatic rings. The lowest BCUT2D eigenvalue weighted by Gasteiger charge is -2.12. The minimum Gasteiger partial charge on any atom is -0.456 e. The van der Waals surface area contributed by atoms with Crippen molar-refractivity contribution in [1.82, 2.24) is 0 Å². The van der Waals surface area contributed by atoms with Crippen LogP contribution in [0, 0.1) is 0 Å². The molecule has 0 saturated heterocycles. The summed E-state index contributed by atoms with van der Waals surface area (Å²) in [5.41, 5.74) is 0.983. The molecule has 1 atom stereocenters. The van der Waals surface area contributed by atoms with Gasteiger partial charge in [-0.05, 0) is 12.5 Å². The van der Waals surface area contributed by atoms with Gasteiger partial charge in [0.2, 0.25) is 0 Å². The third-order valence-corrected chi connectivity index (χ3v) is 1.84. The van der Waals surface area contributed by atoms with E-state index < -0.39 is 0 Å². The van der Waals surface area contributed by atoms with Crippen molar-refractivity contribution in [3.8, 4) is 0 Å². The van der Waals surface area contributed by atoms with Crippen LogP contribution in [0.4, 0.5) is 0 Å². The van der Waals surface area contributed by atoms with Crippen molar-refractivity contribution in [1.29, 1.82) is 0 Å². The van der Waals surface area contributed by atoms with E-state index in [1.165, 1.54) is 7.11 Å². The Labute approximate surface area is 83.6 Å². The Hall–Kier alpha value is -1.35. The molecule has 0 fully saturated rings. The maximum Gasteiger partial charge on any atom is 0.332 e. The summed E-state index contributed by atoms with van der Waals surface area (Å²) in [7, 11) is 1.47. The van der Waals surface area contributed by atoms with Gasteiger partial charge in [-0.15, -0.1) is 0 Å². The molecule has 1 rings (SSSR count). The number of hydrogen-bond acceptors (Lipinski definition) is 3. The van der Waals surface area contributed by atoms with Gasteiger partial charge in [0.25, 0.3) is 0 Å². The van der Waals surface area contributed by atoms with Gasteiger partial charge in [0.15, 0.2) is 0 Å². The molecule has 1 unspecified atom stereocenters. The fourth-order valence-electron chi connectivity index (χ4n) is 1.14. The van der Waals surface area contributed by atoms with E-state index in [1.54, 1.807) is 0 Å². The summed E-state index contributed by atoms with van der Waals surface area (Å²) in [6, 6.07) is 9.59. The molecule has 0 amide bonds. The van der Waals surface area contributed by atoms with Gasteiger partial charge in [0.05, 0.1) is 0 Å². The van der Waals surface area contributed by atoms with E-state index in [0.717, 1.165) is 5.56 Å². The highest BCUT2D eigenvalue weighted by Gasteiger charge is 2.10. The second-order valence-corrected chi connectivity index (χ2v) is 2.98. The predicted molar refractivity (Wildman–Crippen MR) is 52.8 cm³/mol. The van der Waals surface area contributed by atoms with Crippen molar-refractivity contribution in [2.45, 2.75) is 13.0 Å². The summed E-state index contributed by atoms with van der Waals surface area (Å²) in [5.74, 6) is -0.344. The molecule has 0 N–H and O–H groups in total. The second kappa shape index (κ2) is 5.40. The lowest BCUT2D eigenvalue weighted by molar-refractivity contribution is -0.152. The van der Waals surface area contributed by atoms with Crippen LogP contribution in [0.15, 0.2) is 30.3 Å². The zero-order valence-corrected chi connectivity index (χ0v) is 8.40. The first kappa shape index (κ1) is 10.7. The van der Waals surface area contributed by atoms with Gasteiger partial charge < -0.3 is 9.47 Å². The Morgan fingerprint density at radius 3 is 2.57 bits per heavy atom. The molecule has 0 saturated carbocycles. The summed E-state index contributed by atoms with van der Waals surface area (Å²) in [5, 5.41) is 0. The summed E-state index contributed by atoms with van der Waals surface area (Å²) >= 11 is 0. The largest absolute Gasteiger partial charge is 0.456 e. The molecule has 1 aromatic rings. The smallest absolute Gasteiger partial charge is 0.332 e. The average molecular weight is 194 g/mol. The first-order chi connectivity index (χ1) is 6.74.